The van der Waals surface area contributed by atoms with Crippen molar-refractivity contribution in [2.75, 3.05) is 6.26 Å². The molecule has 0 saturated heterocycles. The molecule has 0 amide bonds. The van der Waals surface area contributed by atoms with Crippen LogP contribution in [-0.4, -0.2) is 17.3 Å². The average molecular weight is 146 g/mol. The minimum absolute atomic E-state index is 0.150. The zero-order chi connectivity index (χ0) is 7.28. The first-order valence-electron chi connectivity index (χ1n) is 2.61. The molecule has 1 N–H and O–H groups in total. The van der Waals surface area contributed by atoms with E-state index in [-0.39, 0.29) is 6.42 Å². The van der Waals surface area contributed by atoms with Gasteiger partial charge in [0.15, 0.2) is 0 Å². The number of rotatable bonds is 3. The van der Waals surface area contributed by atoms with Crippen LogP contribution < -0.4 is 0 Å². The van der Waals surface area contributed by atoms with Crippen LogP contribution >= 0.6 is 11.8 Å². The summed E-state index contributed by atoms with van der Waals surface area (Å²) in [5.41, 5.74) is 0. The Kier molecular flexibility index (Phi) is 4.22. The molecule has 0 radical (unpaired) electrons. The lowest BCUT2D eigenvalue weighted by molar-refractivity contribution is -0.136. The SMILES string of the molecule is C/C=C(/CC(=O)O)SC. The van der Waals surface area contributed by atoms with Gasteiger partial charge in [-0.15, -0.1) is 11.8 Å². The lowest BCUT2D eigenvalue weighted by Gasteiger charge is -1.95. The van der Waals surface area contributed by atoms with Gasteiger partial charge in [0.2, 0.25) is 0 Å². The number of hydrogen-bond acceptors (Lipinski definition) is 2. The lowest BCUT2D eigenvalue weighted by atomic mass is 10.4. The highest BCUT2D eigenvalue weighted by molar-refractivity contribution is 8.02. The molecule has 3 heteroatoms. The van der Waals surface area contributed by atoms with Crippen molar-refractivity contribution in [3.05, 3.63) is 11.0 Å². The highest BCUT2D eigenvalue weighted by Crippen LogP contribution is 2.14. The number of thioether (sulfide) groups is 1. The minimum atomic E-state index is -0.766. The molecular weight excluding hydrogens is 136 g/mol. The quantitative estimate of drug-likeness (QED) is 0.658. The van der Waals surface area contributed by atoms with Crippen LogP contribution in [0.3, 0.4) is 0 Å². The predicted octanol–water partition coefficient (Wildman–Crippen LogP) is 1.73. The summed E-state index contributed by atoms with van der Waals surface area (Å²) in [4.78, 5) is 11.0. The fourth-order valence-corrected chi connectivity index (χ4v) is 0.945. The second-order valence-electron chi connectivity index (χ2n) is 1.53. The summed E-state index contributed by atoms with van der Waals surface area (Å²) in [7, 11) is 0. The van der Waals surface area contributed by atoms with Crippen LogP contribution in [0.25, 0.3) is 0 Å². The molecule has 52 valence electrons. The van der Waals surface area contributed by atoms with Crippen LogP contribution in [-0.2, 0) is 4.79 Å². The van der Waals surface area contributed by atoms with Crippen molar-refractivity contribution in [1.82, 2.24) is 0 Å². The molecule has 0 fully saturated rings. The maximum absolute atomic E-state index is 10.1. The highest BCUT2D eigenvalue weighted by Gasteiger charge is 1.99. The highest BCUT2D eigenvalue weighted by atomic mass is 32.2. The van der Waals surface area contributed by atoms with E-state index in [1.54, 1.807) is 0 Å². The third kappa shape index (κ3) is 4.09. The fourth-order valence-electron chi connectivity index (χ4n) is 0.441. The normalized spacial score (nSPS) is 11.6. The van der Waals surface area contributed by atoms with Crippen molar-refractivity contribution in [2.24, 2.45) is 0 Å². The number of aliphatic carboxylic acids is 1. The van der Waals surface area contributed by atoms with Gasteiger partial charge in [0.05, 0.1) is 6.42 Å². The molecule has 0 spiro atoms. The van der Waals surface area contributed by atoms with Crippen LogP contribution in [0, 0.1) is 0 Å². The number of hydrogen-bond donors (Lipinski definition) is 1. The van der Waals surface area contributed by atoms with E-state index in [0.717, 1.165) is 4.91 Å². The molecule has 0 aliphatic rings. The Hall–Kier alpha value is -0.440. The zero-order valence-corrected chi connectivity index (χ0v) is 6.36. The summed E-state index contributed by atoms with van der Waals surface area (Å²) in [6.45, 7) is 1.84. The molecule has 0 aliphatic heterocycles. The van der Waals surface area contributed by atoms with Crippen molar-refractivity contribution >= 4 is 17.7 Å². The first-order chi connectivity index (χ1) is 4.20. The molecule has 0 aromatic carbocycles. The van der Waals surface area contributed by atoms with E-state index < -0.39 is 5.97 Å². The molecule has 0 rings (SSSR count). The molecule has 0 aromatic rings. The smallest absolute Gasteiger partial charge is 0.308 e. The van der Waals surface area contributed by atoms with Gasteiger partial charge in [-0.3, -0.25) is 4.79 Å². The van der Waals surface area contributed by atoms with Gasteiger partial charge >= 0.3 is 5.97 Å². The Morgan fingerprint density at radius 1 is 1.78 bits per heavy atom. The van der Waals surface area contributed by atoms with Crippen LogP contribution in [0.15, 0.2) is 11.0 Å². The van der Waals surface area contributed by atoms with Gasteiger partial charge < -0.3 is 5.11 Å². The van der Waals surface area contributed by atoms with Gasteiger partial charge in [0, 0.05) is 0 Å². The average Bonchev–Trinajstić information content (AvgIpc) is 1.82. The maximum Gasteiger partial charge on any atom is 0.308 e. The van der Waals surface area contributed by atoms with E-state index in [1.807, 2.05) is 19.3 Å². The lowest BCUT2D eigenvalue weighted by Crippen LogP contribution is -1.93. The molecule has 0 saturated carbocycles. The van der Waals surface area contributed by atoms with E-state index in [1.165, 1.54) is 11.8 Å². The zero-order valence-electron chi connectivity index (χ0n) is 5.55. The third-order valence-corrected chi connectivity index (χ3v) is 1.81. The molecule has 0 bridgehead atoms. The summed E-state index contributed by atoms with van der Waals surface area (Å²) in [5, 5.41) is 8.29. The molecule has 0 heterocycles. The Balaban J connectivity index is 3.71. The van der Waals surface area contributed by atoms with Crippen LogP contribution in [0.5, 0.6) is 0 Å². The van der Waals surface area contributed by atoms with E-state index in [2.05, 4.69) is 0 Å². The molecule has 0 aliphatic carbocycles. The monoisotopic (exact) mass is 146 g/mol. The molecule has 0 atom stereocenters. The van der Waals surface area contributed by atoms with Gasteiger partial charge in [0.25, 0.3) is 0 Å². The van der Waals surface area contributed by atoms with Crippen LogP contribution in [0.1, 0.15) is 13.3 Å². The number of carbonyl (C=O) groups is 1. The summed E-state index contributed by atoms with van der Waals surface area (Å²) in [5.74, 6) is -0.766. The van der Waals surface area contributed by atoms with Crippen molar-refractivity contribution in [3.8, 4) is 0 Å². The van der Waals surface area contributed by atoms with Crippen molar-refractivity contribution < 1.29 is 9.90 Å². The van der Waals surface area contributed by atoms with Gasteiger partial charge in [-0.2, -0.15) is 0 Å². The Morgan fingerprint density at radius 3 is 2.44 bits per heavy atom. The third-order valence-electron chi connectivity index (χ3n) is 0.910. The maximum atomic E-state index is 10.1. The summed E-state index contributed by atoms with van der Waals surface area (Å²) >= 11 is 1.48. The molecule has 0 aromatic heterocycles. The van der Waals surface area contributed by atoms with E-state index >= 15 is 0 Å². The topological polar surface area (TPSA) is 37.3 Å². The standard InChI is InChI=1S/C6H10O2S/c1-3-5(9-2)4-6(7)8/h3H,4H2,1-2H3,(H,7,8)/b5-3-. The van der Waals surface area contributed by atoms with Crippen LogP contribution in [0.2, 0.25) is 0 Å². The van der Waals surface area contributed by atoms with Crippen molar-refractivity contribution in [1.29, 1.82) is 0 Å². The second kappa shape index (κ2) is 4.44. The number of allylic oxidation sites excluding steroid dienone is 1. The Morgan fingerprint density at radius 2 is 2.33 bits per heavy atom. The van der Waals surface area contributed by atoms with Crippen molar-refractivity contribution in [3.63, 3.8) is 0 Å². The molecule has 0 unspecified atom stereocenters. The predicted molar refractivity (Wildman–Crippen MR) is 39.5 cm³/mol. The fraction of sp³-hybridized carbons (Fsp3) is 0.500. The summed E-state index contributed by atoms with van der Waals surface area (Å²) in [6, 6.07) is 0. The Bertz CT molecular complexity index is 129. The largest absolute Gasteiger partial charge is 0.481 e. The van der Waals surface area contributed by atoms with E-state index in [4.69, 9.17) is 5.11 Å². The first-order valence-corrected chi connectivity index (χ1v) is 3.84. The number of carboxylic acids is 1. The molecule has 2 nitrogen and oxygen atoms in total. The van der Waals surface area contributed by atoms with E-state index in [9.17, 15) is 4.79 Å². The minimum Gasteiger partial charge on any atom is -0.481 e. The van der Waals surface area contributed by atoms with Crippen LogP contribution in [0.4, 0.5) is 0 Å². The van der Waals surface area contributed by atoms with Gasteiger partial charge in [-0.1, -0.05) is 6.08 Å². The van der Waals surface area contributed by atoms with Crippen molar-refractivity contribution in [2.45, 2.75) is 13.3 Å². The van der Waals surface area contributed by atoms with Gasteiger partial charge in [0.1, 0.15) is 0 Å². The molecule has 9 heavy (non-hydrogen) atoms. The second-order valence-corrected chi connectivity index (χ2v) is 2.46. The number of carboxylic acid groups (broad SMARTS) is 1. The van der Waals surface area contributed by atoms with Gasteiger partial charge in [-0.25, -0.2) is 0 Å². The summed E-state index contributed by atoms with van der Waals surface area (Å²) < 4.78 is 0. The molecular formula is C6H10O2S. The van der Waals surface area contributed by atoms with E-state index in [0.29, 0.717) is 0 Å². The van der Waals surface area contributed by atoms with Gasteiger partial charge in [-0.05, 0) is 18.1 Å². The summed E-state index contributed by atoms with van der Waals surface area (Å²) in [6.07, 6.45) is 3.84. The Labute approximate surface area is 59.0 Å². The first kappa shape index (κ1) is 8.56.